The summed E-state index contributed by atoms with van der Waals surface area (Å²) in [5, 5.41) is 4.14. The van der Waals surface area contributed by atoms with Gasteiger partial charge >= 0.3 is 0 Å². The van der Waals surface area contributed by atoms with E-state index in [1.54, 1.807) is 6.92 Å². The fourth-order valence-electron chi connectivity index (χ4n) is 4.34. The Balaban J connectivity index is 1.63. The molecule has 6 nitrogen and oxygen atoms in total. The van der Waals surface area contributed by atoms with E-state index in [0.29, 0.717) is 25.9 Å². The highest BCUT2D eigenvalue weighted by Crippen LogP contribution is 2.38. The summed E-state index contributed by atoms with van der Waals surface area (Å²) < 4.78 is 26.1. The second-order valence-corrected chi connectivity index (χ2v) is 10.2. The summed E-state index contributed by atoms with van der Waals surface area (Å²) in [5.74, 6) is -0.0120. The molecule has 1 aliphatic heterocycles. The van der Waals surface area contributed by atoms with Crippen LogP contribution in [0.2, 0.25) is 0 Å². The molecule has 0 spiro atoms. The maximum atomic E-state index is 13.6. The van der Waals surface area contributed by atoms with Crippen molar-refractivity contribution >= 4 is 32.5 Å². The molecule has 1 fully saturated rings. The molecule has 1 saturated heterocycles. The van der Waals surface area contributed by atoms with Gasteiger partial charge in [-0.25, -0.2) is 12.7 Å². The number of H-pyrrole nitrogens is 1. The minimum Gasteiger partial charge on any atom is -0.359 e. The highest BCUT2D eigenvalue weighted by atomic mass is 32.2. The van der Waals surface area contributed by atoms with Crippen molar-refractivity contribution in [3.63, 3.8) is 0 Å². The van der Waals surface area contributed by atoms with Crippen molar-refractivity contribution in [2.45, 2.75) is 32.1 Å². The molecule has 1 amide bonds. The molecule has 0 radical (unpaired) electrons. The van der Waals surface area contributed by atoms with E-state index >= 15 is 0 Å². The van der Waals surface area contributed by atoms with E-state index in [2.05, 4.69) is 10.3 Å². The quantitative estimate of drug-likeness (QED) is 0.652. The van der Waals surface area contributed by atoms with Crippen LogP contribution in [-0.4, -0.2) is 42.5 Å². The minimum atomic E-state index is -3.26. The number of nitrogens with zero attached hydrogens (tertiary/aromatic N) is 1. The number of hydrogen-bond acceptors (Lipinski definition) is 3. The number of sulfonamides is 1. The van der Waals surface area contributed by atoms with Crippen LogP contribution in [0.5, 0.6) is 0 Å². The van der Waals surface area contributed by atoms with E-state index in [9.17, 15) is 13.2 Å². The average Bonchev–Trinajstić information content (AvgIpc) is 3.13. The van der Waals surface area contributed by atoms with Gasteiger partial charge < -0.3 is 10.3 Å². The third kappa shape index (κ3) is 3.75. The van der Waals surface area contributed by atoms with Gasteiger partial charge in [0.1, 0.15) is 0 Å². The molecule has 0 atom stereocenters. The molecule has 1 aliphatic rings. The number of piperidine rings is 1. The Morgan fingerprint density at radius 1 is 1.10 bits per heavy atom. The Morgan fingerprint density at radius 3 is 2.47 bits per heavy atom. The van der Waals surface area contributed by atoms with Gasteiger partial charge in [0, 0.05) is 35.4 Å². The lowest BCUT2D eigenvalue weighted by molar-refractivity contribution is -0.123. The number of anilines is 1. The molecule has 1 aromatic heterocycles. The molecule has 0 unspecified atom stereocenters. The highest BCUT2D eigenvalue weighted by molar-refractivity contribution is 7.89. The van der Waals surface area contributed by atoms with E-state index < -0.39 is 15.4 Å². The first-order valence-electron chi connectivity index (χ1n) is 10.3. The van der Waals surface area contributed by atoms with Crippen molar-refractivity contribution in [1.29, 1.82) is 0 Å². The van der Waals surface area contributed by atoms with E-state index in [1.165, 1.54) is 4.31 Å². The number of fused-ring (bicyclic) bond motifs is 1. The highest BCUT2D eigenvalue weighted by Gasteiger charge is 2.44. The second-order valence-electron chi connectivity index (χ2n) is 7.96. The Morgan fingerprint density at radius 2 is 1.80 bits per heavy atom. The number of aromatic amines is 1. The Kier molecular flexibility index (Phi) is 5.42. The summed E-state index contributed by atoms with van der Waals surface area (Å²) in [7, 11) is -3.26. The molecule has 0 aliphatic carbocycles. The zero-order valence-electron chi connectivity index (χ0n) is 17.3. The fourth-order valence-corrected chi connectivity index (χ4v) is 5.44. The van der Waals surface area contributed by atoms with Gasteiger partial charge in [-0.2, -0.15) is 0 Å². The SMILES string of the molecule is CCS(=O)(=O)N1CCC(C(=O)Nc2ccc3[nH]c(C)cc3c2)(c2ccccc2)CC1. The molecule has 4 rings (SSSR count). The van der Waals surface area contributed by atoms with Gasteiger partial charge in [-0.15, -0.1) is 0 Å². The van der Waals surface area contributed by atoms with Crippen LogP contribution in [0.4, 0.5) is 5.69 Å². The largest absolute Gasteiger partial charge is 0.359 e. The van der Waals surface area contributed by atoms with Gasteiger partial charge in [-0.1, -0.05) is 30.3 Å². The van der Waals surface area contributed by atoms with Crippen molar-refractivity contribution in [3.05, 3.63) is 65.9 Å². The normalized spacial score (nSPS) is 17.1. The standard InChI is InChI=1S/C23H27N3O3S/c1-3-30(28,29)26-13-11-23(12-14-26,19-7-5-4-6-8-19)22(27)25-20-9-10-21-18(16-20)15-17(2)24-21/h4-10,15-16,24H,3,11-14H2,1-2H3,(H,25,27). The molecule has 158 valence electrons. The summed E-state index contributed by atoms with van der Waals surface area (Å²) >= 11 is 0. The van der Waals surface area contributed by atoms with Gasteiger partial charge in [-0.05, 0) is 56.5 Å². The minimum absolute atomic E-state index is 0.0770. The predicted molar refractivity (Wildman–Crippen MR) is 120 cm³/mol. The average molecular weight is 426 g/mol. The molecular formula is C23H27N3O3S. The van der Waals surface area contributed by atoms with Crippen molar-refractivity contribution < 1.29 is 13.2 Å². The molecular weight excluding hydrogens is 398 g/mol. The van der Waals surface area contributed by atoms with Crippen LogP contribution in [0.25, 0.3) is 10.9 Å². The zero-order valence-corrected chi connectivity index (χ0v) is 18.1. The Labute approximate surface area is 177 Å². The molecule has 7 heteroatoms. The number of aryl methyl sites for hydroxylation is 1. The summed E-state index contributed by atoms with van der Waals surface area (Å²) in [6.45, 7) is 4.34. The van der Waals surface area contributed by atoms with Crippen LogP contribution in [-0.2, 0) is 20.2 Å². The van der Waals surface area contributed by atoms with Crippen LogP contribution < -0.4 is 5.32 Å². The van der Waals surface area contributed by atoms with Crippen molar-refractivity contribution in [3.8, 4) is 0 Å². The topological polar surface area (TPSA) is 82.3 Å². The van der Waals surface area contributed by atoms with E-state index in [1.807, 2.05) is 61.5 Å². The van der Waals surface area contributed by atoms with Crippen LogP contribution in [0.1, 0.15) is 31.0 Å². The molecule has 2 aromatic carbocycles. The summed E-state index contributed by atoms with van der Waals surface area (Å²) in [4.78, 5) is 16.9. The molecule has 2 N–H and O–H groups in total. The summed E-state index contributed by atoms with van der Waals surface area (Å²) in [5.41, 5.74) is 3.00. The van der Waals surface area contributed by atoms with Crippen molar-refractivity contribution in [2.24, 2.45) is 0 Å². The van der Waals surface area contributed by atoms with E-state index in [4.69, 9.17) is 0 Å². The first-order valence-corrected chi connectivity index (χ1v) is 11.9. The van der Waals surface area contributed by atoms with Crippen LogP contribution in [0.15, 0.2) is 54.6 Å². The number of carbonyl (C=O) groups excluding carboxylic acids is 1. The molecule has 0 bridgehead atoms. The number of nitrogens with one attached hydrogen (secondary N) is 2. The predicted octanol–water partition coefficient (Wildman–Crippen LogP) is 3.80. The van der Waals surface area contributed by atoms with Crippen LogP contribution >= 0.6 is 0 Å². The van der Waals surface area contributed by atoms with Gasteiger partial charge in [-0.3, -0.25) is 4.79 Å². The smallest absolute Gasteiger partial charge is 0.235 e. The molecule has 3 aromatic rings. The Hall–Kier alpha value is -2.64. The monoisotopic (exact) mass is 425 g/mol. The van der Waals surface area contributed by atoms with E-state index in [-0.39, 0.29) is 11.7 Å². The lowest BCUT2D eigenvalue weighted by Crippen LogP contribution is -2.51. The van der Waals surface area contributed by atoms with Crippen LogP contribution in [0.3, 0.4) is 0 Å². The number of aromatic nitrogens is 1. The maximum Gasteiger partial charge on any atom is 0.235 e. The molecule has 2 heterocycles. The van der Waals surface area contributed by atoms with Crippen LogP contribution in [0, 0.1) is 6.92 Å². The lowest BCUT2D eigenvalue weighted by atomic mass is 9.72. The maximum absolute atomic E-state index is 13.6. The Bertz CT molecular complexity index is 1160. The second kappa shape index (κ2) is 7.89. The lowest BCUT2D eigenvalue weighted by Gasteiger charge is -2.40. The number of hydrogen-bond donors (Lipinski definition) is 2. The third-order valence-corrected chi connectivity index (χ3v) is 7.99. The summed E-state index contributed by atoms with van der Waals surface area (Å²) in [6, 6.07) is 17.6. The number of carbonyl (C=O) groups is 1. The van der Waals surface area contributed by atoms with Gasteiger partial charge in [0.25, 0.3) is 0 Å². The first-order chi connectivity index (χ1) is 14.3. The fraction of sp³-hybridized carbons (Fsp3) is 0.348. The molecule has 30 heavy (non-hydrogen) atoms. The van der Waals surface area contributed by atoms with Crippen molar-refractivity contribution in [2.75, 3.05) is 24.2 Å². The summed E-state index contributed by atoms with van der Waals surface area (Å²) in [6.07, 6.45) is 0.904. The first kappa shape index (κ1) is 20.6. The number of rotatable bonds is 5. The third-order valence-electron chi connectivity index (χ3n) is 6.11. The van der Waals surface area contributed by atoms with Crippen molar-refractivity contribution in [1.82, 2.24) is 9.29 Å². The van der Waals surface area contributed by atoms with Gasteiger partial charge in [0.15, 0.2) is 0 Å². The van der Waals surface area contributed by atoms with E-state index in [0.717, 1.165) is 27.8 Å². The van der Waals surface area contributed by atoms with Gasteiger partial charge in [0.2, 0.25) is 15.9 Å². The van der Waals surface area contributed by atoms with Gasteiger partial charge in [0.05, 0.1) is 11.2 Å². The number of benzene rings is 2. The number of amides is 1. The molecule has 0 saturated carbocycles. The zero-order chi connectivity index (χ0) is 21.4.